The van der Waals surface area contributed by atoms with Crippen molar-refractivity contribution >= 4 is 32.4 Å². The van der Waals surface area contributed by atoms with Gasteiger partial charge in [-0.25, -0.2) is 18.1 Å². The standard InChI is InChI=1S/C11H11ClN2O2S/c1-2-14-17(15,16)10-5-3-4-9-8(10)6-7-13-11(9)12/h3-7,14H,2H2,1H3. The van der Waals surface area contributed by atoms with Gasteiger partial charge in [-0.2, -0.15) is 0 Å². The first-order valence-corrected chi connectivity index (χ1v) is 6.95. The molecule has 17 heavy (non-hydrogen) atoms. The summed E-state index contributed by atoms with van der Waals surface area (Å²) in [5.41, 5.74) is 0. The fourth-order valence-electron chi connectivity index (χ4n) is 1.64. The van der Waals surface area contributed by atoms with E-state index in [1.807, 2.05) is 0 Å². The van der Waals surface area contributed by atoms with Crippen LogP contribution < -0.4 is 4.72 Å². The third-order valence-electron chi connectivity index (χ3n) is 2.34. The summed E-state index contributed by atoms with van der Waals surface area (Å²) in [6.45, 7) is 2.08. The van der Waals surface area contributed by atoms with E-state index in [0.717, 1.165) is 0 Å². The third-order valence-corrected chi connectivity index (χ3v) is 4.25. The predicted molar refractivity (Wildman–Crippen MR) is 67.6 cm³/mol. The molecule has 4 nitrogen and oxygen atoms in total. The summed E-state index contributed by atoms with van der Waals surface area (Å²) in [5.74, 6) is 0. The van der Waals surface area contributed by atoms with Crippen molar-refractivity contribution in [3.8, 4) is 0 Å². The van der Waals surface area contributed by atoms with E-state index in [2.05, 4.69) is 9.71 Å². The lowest BCUT2D eigenvalue weighted by Gasteiger charge is -2.08. The highest BCUT2D eigenvalue weighted by atomic mass is 35.5. The highest BCUT2D eigenvalue weighted by Gasteiger charge is 2.16. The number of sulfonamides is 1. The second kappa shape index (κ2) is 4.60. The highest BCUT2D eigenvalue weighted by Crippen LogP contribution is 2.26. The van der Waals surface area contributed by atoms with Gasteiger partial charge in [-0.1, -0.05) is 30.7 Å². The molecule has 90 valence electrons. The molecule has 1 aromatic heterocycles. The van der Waals surface area contributed by atoms with E-state index in [-0.39, 0.29) is 4.90 Å². The molecule has 0 saturated carbocycles. The van der Waals surface area contributed by atoms with E-state index in [0.29, 0.717) is 22.5 Å². The number of nitrogens with one attached hydrogen (secondary N) is 1. The van der Waals surface area contributed by atoms with Gasteiger partial charge >= 0.3 is 0 Å². The molecule has 0 aliphatic carbocycles. The fourth-order valence-corrected chi connectivity index (χ4v) is 3.13. The van der Waals surface area contributed by atoms with Gasteiger partial charge in [0, 0.05) is 23.5 Å². The Balaban J connectivity index is 2.76. The van der Waals surface area contributed by atoms with Crippen molar-refractivity contribution in [2.75, 3.05) is 6.54 Å². The van der Waals surface area contributed by atoms with Gasteiger partial charge in [0.2, 0.25) is 10.0 Å². The van der Waals surface area contributed by atoms with Crippen molar-refractivity contribution < 1.29 is 8.42 Å². The number of hydrogen-bond donors (Lipinski definition) is 1. The number of hydrogen-bond acceptors (Lipinski definition) is 3. The van der Waals surface area contributed by atoms with Crippen molar-refractivity contribution in [2.24, 2.45) is 0 Å². The van der Waals surface area contributed by atoms with E-state index in [1.54, 1.807) is 31.2 Å². The Morgan fingerprint density at radius 3 is 2.76 bits per heavy atom. The predicted octanol–water partition coefficient (Wildman–Crippen LogP) is 2.19. The summed E-state index contributed by atoms with van der Waals surface area (Å²) < 4.78 is 26.4. The van der Waals surface area contributed by atoms with Gasteiger partial charge in [-0.3, -0.25) is 0 Å². The van der Waals surface area contributed by atoms with E-state index in [9.17, 15) is 8.42 Å². The summed E-state index contributed by atoms with van der Waals surface area (Å²) in [6.07, 6.45) is 1.50. The van der Waals surface area contributed by atoms with Gasteiger partial charge in [0.1, 0.15) is 5.15 Å². The molecule has 0 unspecified atom stereocenters. The molecule has 1 heterocycles. The first-order valence-electron chi connectivity index (χ1n) is 5.09. The largest absolute Gasteiger partial charge is 0.244 e. The highest BCUT2D eigenvalue weighted by molar-refractivity contribution is 7.89. The molecule has 0 saturated heterocycles. The van der Waals surface area contributed by atoms with Crippen molar-refractivity contribution in [3.63, 3.8) is 0 Å². The Morgan fingerprint density at radius 2 is 2.06 bits per heavy atom. The van der Waals surface area contributed by atoms with Crippen LogP contribution in [0, 0.1) is 0 Å². The minimum Gasteiger partial charge on any atom is -0.244 e. The molecule has 0 bridgehead atoms. The van der Waals surface area contributed by atoms with Crippen LogP contribution in [0.15, 0.2) is 35.4 Å². The van der Waals surface area contributed by atoms with Crippen molar-refractivity contribution in [2.45, 2.75) is 11.8 Å². The van der Waals surface area contributed by atoms with Crippen LogP contribution in [0.5, 0.6) is 0 Å². The zero-order valence-electron chi connectivity index (χ0n) is 9.14. The van der Waals surface area contributed by atoms with Gasteiger partial charge in [0.05, 0.1) is 4.90 Å². The van der Waals surface area contributed by atoms with Crippen molar-refractivity contribution in [1.29, 1.82) is 0 Å². The molecular weight excluding hydrogens is 260 g/mol. The van der Waals surface area contributed by atoms with E-state index >= 15 is 0 Å². The molecule has 0 radical (unpaired) electrons. The second-order valence-electron chi connectivity index (χ2n) is 3.45. The summed E-state index contributed by atoms with van der Waals surface area (Å²) >= 11 is 5.93. The first kappa shape index (κ1) is 12.3. The SMILES string of the molecule is CCNS(=O)(=O)c1cccc2c(Cl)nccc12. The Bertz CT molecular complexity index is 656. The molecule has 2 rings (SSSR count). The number of pyridine rings is 1. The van der Waals surface area contributed by atoms with E-state index in [4.69, 9.17) is 11.6 Å². The molecule has 1 N–H and O–H groups in total. The zero-order chi connectivity index (χ0) is 12.5. The van der Waals surface area contributed by atoms with Crippen molar-refractivity contribution in [3.05, 3.63) is 35.6 Å². The van der Waals surface area contributed by atoms with Crippen LogP contribution in [-0.2, 0) is 10.0 Å². The smallest absolute Gasteiger partial charge is 0.241 e. The lowest BCUT2D eigenvalue weighted by molar-refractivity contribution is 0.585. The second-order valence-corrected chi connectivity index (χ2v) is 5.55. The van der Waals surface area contributed by atoms with Gasteiger partial charge in [-0.05, 0) is 12.1 Å². The van der Waals surface area contributed by atoms with Crippen LogP contribution in [0.25, 0.3) is 10.8 Å². The minimum absolute atomic E-state index is 0.223. The van der Waals surface area contributed by atoms with Crippen LogP contribution in [0.2, 0.25) is 5.15 Å². The first-order chi connectivity index (χ1) is 8.06. The summed E-state index contributed by atoms with van der Waals surface area (Å²) in [4.78, 5) is 4.15. The number of fused-ring (bicyclic) bond motifs is 1. The lowest BCUT2D eigenvalue weighted by Crippen LogP contribution is -2.23. The molecule has 0 aliphatic heterocycles. The molecule has 0 atom stereocenters. The van der Waals surface area contributed by atoms with Crippen LogP contribution in [0.3, 0.4) is 0 Å². The molecule has 0 aliphatic rings. The van der Waals surface area contributed by atoms with Crippen LogP contribution in [0.4, 0.5) is 0 Å². The summed E-state index contributed by atoms with van der Waals surface area (Å²) in [7, 11) is -3.49. The summed E-state index contributed by atoms with van der Waals surface area (Å²) in [5, 5.41) is 1.51. The number of halogens is 1. The number of benzene rings is 1. The molecule has 1 aromatic carbocycles. The van der Waals surface area contributed by atoms with Gasteiger partial charge in [0.15, 0.2) is 0 Å². The third kappa shape index (κ3) is 2.26. The maximum Gasteiger partial charge on any atom is 0.241 e. The van der Waals surface area contributed by atoms with Gasteiger partial charge < -0.3 is 0 Å². The Morgan fingerprint density at radius 1 is 1.29 bits per heavy atom. The molecule has 0 fully saturated rings. The molecule has 2 aromatic rings. The minimum atomic E-state index is -3.49. The Hall–Kier alpha value is -1.17. The van der Waals surface area contributed by atoms with Crippen LogP contribution in [0.1, 0.15) is 6.92 Å². The summed E-state index contributed by atoms with van der Waals surface area (Å²) in [6, 6.07) is 6.60. The monoisotopic (exact) mass is 270 g/mol. The number of rotatable bonds is 3. The fraction of sp³-hybridized carbons (Fsp3) is 0.182. The maximum atomic E-state index is 12.0. The van der Waals surface area contributed by atoms with E-state index < -0.39 is 10.0 Å². The van der Waals surface area contributed by atoms with Crippen LogP contribution >= 0.6 is 11.6 Å². The quantitative estimate of drug-likeness (QED) is 0.870. The average molecular weight is 271 g/mol. The maximum absolute atomic E-state index is 12.0. The average Bonchev–Trinajstić information content (AvgIpc) is 2.29. The van der Waals surface area contributed by atoms with Gasteiger partial charge in [-0.15, -0.1) is 0 Å². The molecule has 0 spiro atoms. The zero-order valence-corrected chi connectivity index (χ0v) is 10.7. The normalized spacial score (nSPS) is 11.9. The topological polar surface area (TPSA) is 59.1 Å². The van der Waals surface area contributed by atoms with Gasteiger partial charge in [0.25, 0.3) is 0 Å². The molecular formula is C11H11ClN2O2S. The van der Waals surface area contributed by atoms with E-state index in [1.165, 1.54) is 6.20 Å². The Labute approximate surface area is 105 Å². The Kier molecular flexibility index (Phi) is 3.33. The number of aromatic nitrogens is 1. The van der Waals surface area contributed by atoms with Crippen LogP contribution in [-0.4, -0.2) is 19.9 Å². The molecule has 0 amide bonds. The van der Waals surface area contributed by atoms with Crippen molar-refractivity contribution in [1.82, 2.24) is 9.71 Å². The number of nitrogens with zero attached hydrogens (tertiary/aromatic N) is 1. The molecule has 6 heteroatoms. The lowest BCUT2D eigenvalue weighted by atomic mass is 10.2.